The Morgan fingerprint density at radius 2 is 1.75 bits per heavy atom. The molecule has 2 heterocycles. The van der Waals surface area contributed by atoms with Gasteiger partial charge in [-0.25, -0.2) is 0 Å². The summed E-state index contributed by atoms with van der Waals surface area (Å²) >= 11 is 13.0. The predicted octanol–water partition coefficient (Wildman–Crippen LogP) is 5.97. The molecule has 0 bridgehead atoms. The highest BCUT2D eigenvalue weighted by Crippen LogP contribution is 2.50. The molecule has 147 valence electrons. The third-order valence-corrected chi connectivity index (χ3v) is 6.75. The maximum atomic E-state index is 14.1. The maximum absolute atomic E-state index is 14.1. The Balaban J connectivity index is 1.78. The quantitative estimate of drug-likeness (QED) is 0.581. The van der Waals surface area contributed by atoms with Gasteiger partial charge in [0.25, 0.3) is 5.60 Å². The first kappa shape index (κ1) is 19.7. The van der Waals surface area contributed by atoms with E-state index in [0.29, 0.717) is 16.2 Å². The first-order valence-electron chi connectivity index (χ1n) is 8.56. The minimum atomic E-state index is -4.75. The highest BCUT2D eigenvalue weighted by Gasteiger charge is 2.62. The molecule has 2 aliphatic rings. The summed E-state index contributed by atoms with van der Waals surface area (Å²) in [7, 11) is 0. The third kappa shape index (κ3) is 3.13. The number of alkyl halides is 3. The molecule has 0 amide bonds. The lowest BCUT2D eigenvalue weighted by Crippen LogP contribution is -2.42. The number of nitrogens with zero attached hydrogens (tertiary/aromatic N) is 1. The van der Waals surface area contributed by atoms with Gasteiger partial charge < -0.3 is 4.84 Å². The van der Waals surface area contributed by atoms with Crippen LogP contribution in [0.15, 0.2) is 23.4 Å². The fourth-order valence-electron chi connectivity index (χ4n) is 3.76. The Morgan fingerprint density at radius 3 is 2.36 bits per heavy atom. The lowest BCUT2D eigenvalue weighted by atomic mass is 9.85. The summed E-state index contributed by atoms with van der Waals surface area (Å²) in [5.74, 6) is 0. The number of hydrogen-bond donors (Lipinski definition) is 0. The summed E-state index contributed by atoms with van der Waals surface area (Å²) in [6, 6.07) is 3.73. The van der Waals surface area contributed by atoms with E-state index in [9.17, 15) is 18.0 Å². The van der Waals surface area contributed by atoms with Crippen LogP contribution in [-0.4, -0.2) is 18.2 Å². The van der Waals surface area contributed by atoms with Crippen molar-refractivity contribution in [3.8, 4) is 0 Å². The third-order valence-electron chi connectivity index (χ3n) is 5.09. The Hall–Kier alpha value is -1.57. The average molecular weight is 447 g/mol. The van der Waals surface area contributed by atoms with E-state index >= 15 is 0 Å². The standard InChI is InChI=1S/C19H13Cl2F3NO2S/c20-11-5-10(6-12(21)7-11)18(19(22,23)24)8-15(25-27-18)17-14-4-2-1-3-13(14)16(9-26)28-17/h5-7H,1-4,8H2. The van der Waals surface area contributed by atoms with Crippen LogP contribution in [0, 0.1) is 0 Å². The van der Waals surface area contributed by atoms with Gasteiger partial charge >= 0.3 is 6.18 Å². The van der Waals surface area contributed by atoms with E-state index in [1.54, 1.807) is 0 Å². The van der Waals surface area contributed by atoms with Crippen LogP contribution in [0.2, 0.25) is 10.0 Å². The van der Waals surface area contributed by atoms with Crippen molar-refractivity contribution in [2.75, 3.05) is 0 Å². The summed E-state index contributed by atoms with van der Waals surface area (Å²) in [5.41, 5.74) is -0.937. The van der Waals surface area contributed by atoms with E-state index in [4.69, 9.17) is 28.0 Å². The molecule has 9 heteroatoms. The lowest BCUT2D eigenvalue weighted by molar-refractivity contribution is -0.275. The average Bonchev–Trinajstić information content (AvgIpc) is 3.23. The summed E-state index contributed by atoms with van der Waals surface area (Å²) < 4.78 is 42.4. The summed E-state index contributed by atoms with van der Waals surface area (Å²) in [6.07, 6.45) is -0.0778. The molecule has 3 nitrogen and oxygen atoms in total. The topological polar surface area (TPSA) is 38.7 Å². The molecule has 4 rings (SSSR count). The second kappa shape index (κ2) is 7.04. The minimum Gasteiger partial charge on any atom is -0.374 e. The van der Waals surface area contributed by atoms with Gasteiger partial charge in [0.15, 0.2) is 0 Å². The monoisotopic (exact) mass is 446 g/mol. The van der Waals surface area contributed by atoms with Crippen LogP contribution in [-0.2, 0) is 28.1 Å². The molecule has 0 fully saturated rings. The zero-order valence-corrected chi connectivity index (χ0v) is 16.7. The van der Waals surface area contributed by atoms with Crippen LogP contribution in [0.4, 0.5) is 13.2 Å². The van der Waals surface area contributed by atoms with Crippen LogP contribution >= 0.6 is 34.5 Å². The molecule has 1 aromatic heterocycles. The molecule has 0 spiro atoms. The zero-order valence-electron chi connectivity index (χ0n) is 14.3. The maximum Gasteiger partial charge on any atom is 0.435 e. The van der Waals surface area contributed by atoms with Gasteiger partial charge in [0.1, 0.15) is 5.71 Å². The summed E-state index contributed by atoms with van der Waals surface area (Å²) in [5, 5.41) is 3.97. The van der Waals surface area contributed by atoms with Gasteiger partial charge in [0.05, 0.1) is 16.2 Å². The molecule has 0 saturated heterocycles. The van der Waals surface area contributed by atoms with Gasteiger partial charge in [-0.05, 0) is 55.0 Å². The van der Waals surface area contributed by atoms with Crippen molar-refractivity contribution < 1.29 is 22.8 Å². The molecule has 1 unspecified atom stereocenters. The van der Waals surface area contributed by atoms with E-state index in [0.717, 1.165) is 41.7 Å². The first-order chi connectivity index (χ1) is 13.2. The van der Waals surface area contributed by atoms with Crippen molar-refractivity contribution in [2.45, 2.75) is 43.9 Å². The van der Waals surface area contributed by atoms with Crippen molar-refractivity contribution in [3.63, 3.8) is 0 Å². The van der Waals surface area contributed by atoms with E-state index in [1.807, 2.05) is 6.29 Å². The Labute approximate surface area is 173 Å². The zero-order chi connectivity index (χ0) is 20.1. The van der Waals surface area contributed by atoms with E-state index < -0.39 is 18.2 Å². The second-order valence-corrected chi connectivity index (χ2v) is 8.71. The van der Waals surface area contributed by atoms with E-state index in [-0.39, 0.29) is 21.3 Å². The number of benzene rings is 1. The van der Waals surface area contributed by atoms with Crippen molar-refractivity contribution in [1.29, 1.82) is 0 Å². The number of hydrogen-bond acceptors (Lipinski definition) is 4. The number of halogens is 5. The van der Waals surface area contributed by atoms with Crippen molar-refractivity contribution >= 4 is 46.5 Å². The van der Waals surface area contributed by atoms with Crippen LogP contribution in [0.5, 0.6) is 0 Å². The number of thiophene rings is 1. The van der Waals surface area contributed by atoms with Gasteiger partial charge in [-0.3, -0.25) is 4.79 Å². The van der Waals surface area contributed by atoms with Crippen LogP contribution in [0.3, 0.4) is 0 Å². The molecule has 1 radical (unpaired) electrons. The normalized spacial score (nSPS) is 21.8. The van der Waals surface area contributed by atoms with Gasteiger partial charge in [0, 0.05) is 15.6 Å². The smallest absolute Gasteiger partial charge is 0.374 e. The van der Waals surface area contributed by atoms with Gasteiger partial charge in [-0.1, -0.05) is 28.4 Å². The molecule has 0 N–H and O–H groups in total. The lowest BCUT2D eigenvalue weighted by Gasteiger charge is -2.29. The van der Waals surface area contributed by atoms with Crippen LogP contribution < -0.4 is 0 Å². The highest BCUT2D eigenvalue weighted by molar-refractivity contribution is 7.16. The van der Waals surface area contributed by atoms with Crippen molar-refractivity contribution in [2.24, 2.45) is 5.16 Å². The SMILES string of the molecule is O=[C]c1sc(C2=NOC(c3cc(Cl)cc(Cl)c3)(C(F)(F)F)C2)c2c1CCCC2. The molecular formula is C19H13Cl2F3NO2S. The van der Waals surface area contributed by atoms with Gasteiger partial charge in [-0.15, -0.1) is 11.3 Å². The number of oxime groups is 1. The fourth-order valence-corrected chi connectivity index (χ4v) is 5.46. The predicted molar refractivity (Wildman–Crippen MR) is 102 cm³/mol. The highest BCUT2D eigenvalue weighted by atomic mass is 35.5. The molecule has 1 aliphatic carbocycles. The first-order valence-corrected chi connectivity index (χ1v) is 10.1. The Morgan fingerprint density at radius 1 is 1.11 bits per heavy atom. The molecule has 1 atom stereocenters. The molecule has 2 aromatic rings. The number of rotatable bonds is 3. The summed E-state index contributed by atoms with van der Waals surface area (Å²) in [4.78, 5) is 17.4. The van der Waals surface area contributed by atoms with Crippen LogP contribution in [0.1, 0.15) is 45.7 Å². The Bertz CT molecular complexity index is 966. The summed E-state index contributed by atoms with van der Waals surface area (Å²) in [6.45, 7) is 0. The minimum absolute atomic E-state index is 0.0783. The molecule has 1 aliphatic heterocycles. The largest absolute Gasteiger partial charge is 0.435 e. The van der Waals surface area contributed by atoms with Crippen LogP contribution in [0.25, 0.3) is 0 Å². The number of fused-ring (bicyclic) bond motifs is 1. The molecule has 28 heavy (non-hydrogen) atoms. The molecule has 1 aromatic carbocycles. The number of carbonyl (C=O) groups excluding carboxylic acids is 1. The van der Waals surface area contributed by atoms with E-state index in [1.165, 1.54) is 18.2 Å². The second-order valence-electron chi connectivity index (χ2n) is 6.82. The fraction of sp³-hybridized carbons (Fsp3) is 0.368. The molecular weight excluding hydrogens is 434 g/mol. The van der Waals surface area contributed by atoms with E-state index in [2.05, 4.69) is 5.16 Å². The van der Waals surface area contributed by atoms with Crippen molar-refractivity contribution in [3.05, 3.63) is 54.7 Å². The molecule has 0 saturated carbocycles. The van der Waals surface area contributed by atoms with Crippen molar-refractivity contribution in [1.82, 2.24) is 0 Å². The van der Waals surface area contributed by atoms with Gasteiger partial charge in [0.2, 0.25) is 6.29 Å². The van der Waals surface area contributed by atoms with Gasteiger partial charge in [-0.2, -0.15) is 13.2 Å². The Kier molecular flexibility index (Phi) is 4.96.